The van der Waals surface area contributed by atoms with Crippen molar-refractivity contribution in [3.63, 3.8) is 0 Å². The Morgan fingerprint density at radius 1 is 1.11 bits per heavy atom. The number of benzene rings is 1. The lowest BCUT2D eigenvalue weighted by molar-refractivity contribution is 0.488. The van der Waals surface area contributed by atoms with Gasteiger partial charge in [0.2, 0.25) is 0 Å². The molecule has 0 N–H and O–H groups in total. The summed E-state index contributed by atoms with van der Waals surface area (Å²) in [6, 6.07) is 9.56. The number of aryl methyl sites for hydroxylation is 1. The molecule has 1 heterocycles. The molecule has 1 aromatic carbocycles. The van der Waals surface area contributed by atoms with Crippen LogP contribution in [0.3, 0.4) is 0 Å². The highest BCUT2D eigenvalue weighted by Crippen LogP contribution is 2.47. The summed E-state index contributed by atoms with van der Waals surface area (Å²) in [5.41, 5.74) is 2.88. The molecule has 1 saturated heterocycles. The molecule has 0 radical (unpaired) electrons. The van der Waals surface area contributed by atoms with E-state index in [1.54, 1.807) is 0 Å². The summed E-state index contributed by atoms with van der Waals surface area (Å²) in [6.07, 6.45) is 5.73. The molecule has 1 nitrogen and oxygen atoms in total. The van der Waals surface area contributed by atoms with Crippen LogP contribution in [0.4, 0.5) is 5.69 Å². The van der Waals surface area contributed by atoms with E-state index in [-0.39, 0.29) is 0 Å². The van der Waals surface area contributed by atoms with E-state index in [4.69, 9.17) is 0 Å². The minimum atomic E-state index is 0.650. The Hall–Kier alpha value is -0.630. The third-order valence-corrected chi connectivity index (χ3v) is 6.66. The number of rotatable bonds is 2. The van der Waals surface area contributed by atoms with Crippen LogP contribution in [0.5, 0.6) is 0 Å². The van der Waals surface area contributed by atoms with Crippen LogP contribution in [0.2, 0.25) is 0 Å². The summed E-state index contributed by atoms with van der Waals surface area (Å²) >= 11 is 2.21. The lowest BCUT2D eigenvalue weighted by Crippen LogP contribution is -2.39. The molecule has 2 unspecified atom stereocenters. The summed E-state index contributed by atoms with van der Waals surface area (Å²) in [7, 11) is 0. The van der Waals surface area contributed by atoms with E-state index in [1.807, 2.05) is 0 Å². The Balaban J connectivity index is 1.93. The molecule has 2 fully saturated rings. The molecule has 2 aliphatic rings. The minimum Gasteiger partial charge on any atom is -0.355 e. The predicted octanol–water partition coefficient (Wildman–Crippen LogP) is 4.84. The molecule has 0 aromatic heterocycles. The van der Waals surface area contributed by atoms with Gasteiger partial charge in [0.05, 0.1) is 5.37 Å². The average molecular weight is 275 g/mol. The first-order valence-electron chi connectivity index (χ1n) is 7.68. The van der Waals surface area contributed by atoms with E-state index in [0.717, 1.165) is 11.2 Å². The molecule has 1 aromatic rings. The van der Waals surface area contributed by atoms with Gasteiger partial charge in [0, 0.05) is 17.0 Å². The maximum Gasteiger partial charge on any atom is 0.0785 e. The summed E-state index contributed by atoms with van der Waals surface area (Å²) in [6.45, 7) is 7.05. The van der Waals surface area contributed by atoms with Gasteiger partial charge in [-0.15, -0.1) is 11.8 Å². The number of hydrogen-bond acceptors (Lipinski definition) is 2. The lowest BCUT2D eigenvalue weighted by Gasteiger charge is -2.34. The fourth-order valence-corrected chi connectivity index (χ4v) is 5.38. The number of anilines is 1. The van der Waals surface area contributed by atoms with E-state index in [9.17, 15) is 0 Å². The quantitative estimate of drug-likeness (QED) is 0.759. The van der Waals surface area contributed by atoms with Crippen molar-refractivity contribution in [2.75, 3.05) is 4.90 Å². The molecule has 0 bridgehead atoms. The van der Waals surface area contributed by atoms with Crippen molar-refractivity contribution in [1.29, 1.82) is 0 Å². The van der Waals surface area contributed by atoms with Crippen LogP contribution in [0.25, 0.3) is 0 Å². The van der Waals surface area contributed by atoms with Crippen LogP contribution >= 0.6 is 11.8 Å². The Bertz CT molecular complexity index is 439. The highest BCUT2D eigenvalue weighted by atomic mass is 32.2. The van der Waals surface area contributed by atoms with E-state index in [0.29, 0.717) is 11.4 Å². The molecule has 3 atom stereocenters. The topological polar surface area (TPSA) is 3.24 Å². The van der Waals surface area contributed by atoms with Gasteiger partial charge >= 0.3 is 0 Å². The van der Waals surface area contributed by atoms with Crippen LogP contribution in [-0.2, 0) is 0 Å². The van der Waals surface area contributed by atoms with Gasteiger partial charge in [-0.25, -0.2) is 0 Å². The fourth-order valence-electron chi connectivity index (χ4n) is 3.65. The first kappa shape index (κ1) is 13.4. The molecule has 1 saturated carbocycles. The SMILES string of the molecule is Cc1ccccc1N1C(C2CCCC2)SC(C)[C@@H]1C. The molecule has 19 heavy (non-hydrogen) atoms. The average Bonchev–Trinajstić information content (AvgIpc) is 3.01. The first-order valence-corrected chi connectivity index (χ1v) is 8.62. The van der Waals surface area contributed by atoms with Crippen LogP contribution in [-0.4, -0.2) is 16.7 Å². The van der Waals surface area contributed by atoms with Crippen molar-refractivity contribution >= 4 is 17.4 Å². The molecular formula is C17H25NS. The molecular weight excluding hydrogens is 250 g/mol. The van der Waals surface area contributed by atoms with Crippen LogP contribution in [0, 0.1) is 12.8 Å². The summed E-state index contributed by atoms with van der Waals surface area (Å²) in [5, 5.41) is 1.44. The highest BCUT2D eigenvalue weighted by Gasteiger charge is 2.42. The van der Waals surface area contributed by atoms with Crippen molar-refractivity contribution in [2.24, 2.45) is 5.92 Å². The fraction of sp³-hybridized carbons (Fsp3) is 0.647. The maximum atomic E-state index is 2.72. The Morgan fingerprint density at radius 2 is 1.79 bits per heavy atom. The van der Waals surface area contributed by atoms with Crippen LogP contribution in [0.15, 0.2) is 24.3 Å². The van der Waals surface area contributed by atoms with Gasteiger partial charge < -0.3 is 4.90 Å². The largest absolute Gasteiger partial charge is 0.355 e. The number of hydrogen-bond donors (Lipinski definition) is 0. The third kappa shape index (κ3) is 2.40. The second-order valence-corrected chi connectivity index (χ2v) is 7.71. The van der Waals surface area contributed by atoms with Gasteiger partial charge in [-0.2, -0.15) is 0 Å². The van der Waals surface area contributed by atoms with Gasteiger partial charge in [0.25, 0.3) is 0 Å². The van der Waals surface area contributed by atoms with Crippen molar-refractivity contribution in [3.05, 3.63) is 29.8 Å². The molecule has 0 spiro atoms. The van der Waals surface area contributed by atoms with E-state index >= 15 is 0 Å². The van der Waals surface area contributed by atoms with Crippen LogP contribution in [0.1, 0.15) is 45.1 Å². The summed E-state index contributed by atoms with van der Waals surface area (Å²) in [4.78, 5) is 2.72. The molecule has 104 valence electrons. The first-order chi connectivity index (χ1) is 9.18. The number of thioether (sulfide) groups is 1. The van der Waals surface area contributed by atoms with E-state index in [2.05, 4.69) is 61.7 Å². The lowest BCUT2D eigenvalue weighted by atomic mass is 10.0. The monoisotopic (exact) mass is 275 g/mol. The van der Waals surface area contributed by atoms with E-state index < -0.39 is 0 Å². The summed E-state index contributed by atoms with van der Waals surface area (Å²) in [5.74, 6) is 0.900. The number of para-hydroxylation sites is 1. The van der Waals surface area contributed by atoms with Crippen molar-refractivity contribution in [1.82, 2.24) is 0 Å². The third-order valence-electron chi connectivity index (χ3n) is 4.94. The predicted molar refractivity (Wildman–Crippen MR) is 85.9 cm³/mol. The molecule has 3 rings (SSSR count). The Labute approximate surface area is 121 Å². The van der Waals surface area contributed by atoms with E-state index in [1.165, 1.54) is 36.9 Å². The van der Waals surface area contributed by atoms with Crippen molar-refractivity contribution < 1.29 is 0 Å². The second kappa shape index (κ2) is 5.40. The van der Waals surface area contributed by atoms with Gasteiger partial charge in [0.1, 0.15) is 0 Å². The summed E-state index contributed by atoms with van der Waals surface area (Å²) < 4.78 is 0. The van der Waals surface area contributed by atoms with Crippen LogP contribution < -0.4 is 4.90 Å². The van der Waals surface area contributed by atoms with Gasteiger partial charge in [0.15, 0.2) is 0 Å². The molecule has 2 heteroatoms. The zero-order valence-electron chi connectivity index (χ0n) is 12.3. The second-order valence-electron chi connectivity index (χ2n) is 6.21. The normalized spacial score (nSPS) is 32.2. The highest BCUT2D eigenvalue weighted by molar-refractivity contribution is 8.01. The number of nitrogens with zero attached hydrogens (tertiary/aromatic N) is 1. The molecule has 0 amide bonds. The molecule has 1 aliphatic heterocycles. The smallest absolute Gasteiger partial charge is 0.0785 e. The Kier molecular flexibility index (Phi) is 3.79. The van der Waals surface area contributed by atoms with Gasteiger partial charge in [-0.1, -0.05) is 38.0 Å². The van der Waals surface area contributed by atoms with Crippen molar-refractivity contribution in [2.45, 2.75) is 63.1 Å². The maximum absolute atomic E-state index is 2.72. The zero-order valence-corrected chi connectivity index (χ0v) is 13.1. The van der Waals surface area contributed by atoms with Crippen molar-refractivity contribution in [3.8, 4) is 0 Å². The molecule has 1 aliphatic carbocycles. The van der Waals surface area contributed by atoms with Gasteiger partial charge in [-0.3, -0.25) is 0 Å². The zero-order chi connectivity index (χ0) is 13.4. The minimum absolute atomic E-state index is 0.650. The van der Waals surface area contributed by atoms with Gasteiger partial charge in [-0.05, 0) is 44.2 Å². The standard InChI is InChI=1S/C17H25NS/c1-12-8-4-7-11-16(12)18-13(2)14(3)19-17(18)15-9-5-6-10-15/h4,7-8,11,13-15,17H,5-6,9-10H2,1-3H3/t13-,14?,17?/m0/s1. The Morgan fingerprint density at radius 3 is 2.47 bits per heavy atom.